The lowest BCUT2D eigenvalue weighted by Crippen LogP contribution is -2.62. The first-order chi connectivity index (χ1) is 17.3. The highest BCUT2D eigenvalue weighted by atomic mass is 32.2. The van der Waals surface area contributed by atoms with Crippen molar-refractivity contribution in [3.63, 3.8) is 0 Å². The zero-order valence-corrected chi connectivity index (χ0v) is 21.2. The molecule has 1 aromatic heterocycles. The Morgan fingerprint density at radius 3 is 2.50 bits per heavy atom. The van der Waals surface area contributed by atoms with Gasteiger partial charge >= 0.3 is 6.03 Å². The van der Waals surface area contributed by atoms with E-state index in [4.69, 9.17) is 4.74 Å². The molecule has 36 heavy (non-hydrogen) atoms. The Kier molecular flexibility index (Phi) is 6.98. The van der Waals surface area contributed by atoms with Crippen molar-refractivity contribution in [3.8, 4) is 0 Å². The number of nitrogens with one attached hydrogen (secondary N) is 1. The van der Waals surface area contributed by atoms with Crippen LogP contribution in [0.5, 0.6) is 0 Å². The molecule has 9 nitrogen and oxygen atoms in total. The summed E-state index contributed by atoms with van der Waals surface area (Å²) in [6, 6.07) is 11.0. The van der Waals surface area contributed by atoms with Gasteiger partial charge in [-0.3, -0.25) is 9.78 Å². The topological polar surface area (TPSA) is 109 Å². The average Bonchev–Trinajstić information content (AvgIpc) is 2.89. The van der Waals surface area contributed by atoms with Crippen molar-refractivity contribution in [3.05, 3.63) is 59.9 Å². The van der Waals surface area contributed by atoms with E-state index in [1.807, 2.05) is 28.0 Å². The van der Waals surface area contributed by atoms with Gasteiger partial charge in [0.05, 0.1) is 17.0 Å². The Morgan fingerprint density at radius 1 is 1.06 bits per heavy atom. The van der Waals surface area contributed by atoms with E-state index in [1.165, 1.54) is 6.26 Å². The Hall–Kier alpha value is -2.98. The number of amides is 3. The molecular formula is C26H32N4O5S. The molecule has 1 aromatic carbocycles. The summed E-state index contributed by atoms with van der Waals surface area (Å²) in [5.41, 5.74) is 2.06. The minimum Gasteiger partial charge on any atom is -0.366 e. The highest BCUT2D eigenvalue weighted by Gasteiger charge is 2.38. The summed E-state index contributed by atoms with van der Waals surface area (Å²) in [6.07, 6.45) is 7.06. The van der Waals surface area contributed by atoms with Crippen molar-refractivity contribution in [1.82, 2.24) is 20.1 Å². The van der Waals surface area contributed by atoms with E-state index in [-0.39, 0.29) is 42.5 Å². The van der Waals surface area contributed by atoms with Crippen molar-refractivity contribution in [2.24, 2.45) is 5.92 Å². The smallest absolute Gasteiger partial charge is 0.320 e. The number of likely N-dealkylation sites (tertiary alicyclic amines) is 2. The molecule has 3 saturated heterocycles. The summed E-state index contributed by atoms with van der Waals surface area (Å²) in [5, 5.41) is 2.96. The Morgan fingerprint density at radius 2 is 1.78 bits per heavy atom. The second-order valence-electron chi connectivity index (χ2n) is 9.97. The lowest BCUT2D eigenvalue weighted by atomic mass is 9.76. The number of hydrogen-bond acceptors (Lipinski definition) is 6. The molecule has 192 valence electrons. The first-order valence-electron chi connectivity index (χ1n) is 12.4. The maximum atomic E-state index is 13.3. The van der Waals surface area contributed by atoms with Crippen LogP contribution in [0.4, 0.5) is 4.79 Å². The normalized spacial score (nSPS) is 24.1. The van der Waals surface area contributed by atoms with Crippen LogP contribution in [0, 0.1) is 5.92 Å². The Balaban J connectivity index is 1.29. The van der Waals surface area contributed by atoms with Gasteiger partial charge in [-0.1, -0.05) is 12.1 Å². The van der Waals surface area contributed by atoms with E-state index in [1.54, 1.807) is 30.6 Å². The van der Waals surface area contributed by atoms with Gasteiger partial charge in [0.15, 0.2) is 9.84 Å². The van der Waals surface area contributed by atoms with Gasteiger partial charge in [-0.05, 0) is 60.6 Å². The van der Waals surface area contributed by atoms with Crippen molar-refractivity contribution in [2.75, 3.05) is 39.0 Å². The van der Waals surface area contributed by atoms with Gasteiger partial charge in [-0.15, -0.1) is 0 Å². The lowest BCUT2D eigenvalue weighted by molar-refractivity contribution is -0.139. The van der Waals surface area contributed by atoms with E-state index in [0.29, 0.717) is 37.5 Å². The number of rotatable bonds is 4. The molecule has 1 N–H and O–H groups in total. The molecule has 5 rings (SSSR count). The molecule has 10 heteroatoms. The fraction of sp³-hybridized carbons (Fsp3) is 0.500. The molecule has 3 aliphatic heterocycles. The molecule has 3 fully saturated rings. The second kappa shape index (κ2) is 10.2. The first kappa shape index (κ1) is 24.7. The van der Waals surface area contributed by atoms with Crippen LogP contribution in [0.2, 0.25) is 0 Å². The molecule has 2 aromatic rings. The quantitative estimate of drug-likeness (QED) is 0.672. The number of fused-ring (bicyclic) bond motifs is 1. The van der Waals surface area contributed by atoms with Crippen LogP contribution >= 0.6 is 0 Å². The Bertz CT molecular complexity index is 1210. The standard InChI is InChI=1S/C26H32N4O5S/c1-36(33,34)21-4-2-3-20(15-21)25(18-5-10-27-11-6-18)19-7-12-29(13-8-19)26(32)30-14-9-23-22(16-30)28-24(31)17-35-23/h2-6,10-11,15,19,22-23,25H,7-9,12-14,16-17H2,1H3,(H,28,31)/t22-,23?,25?/m1/s1. The van der Waals surface area contributed by atoms with Crippen LogP contribution in [-0.2, 0) is 19.4 Å². The number of sulfone groups is 1. The zero-order chi connectivity index (χ0) is 25.3. The van der Waals surface area contributed by atoms with Crippen molar-refractivity contribution < 1.29 is 22.7 Å². The van der Waals surface area contributed by atoms with E-state index < -0.39 is 9.84 Å². The van der Waals surface area contributed by atoms with E-state index in [9.17, 15) is 18.0 Å². The van der Waals surface area contributed by atoms with Crippen LogP contribution in [0.1, 0.15) is 36.3 Å². The third kappa shape index (κ3) is 5.24. The third-order valence-electron chi connectivity index (χ3n) is 7.59. The van der Waals surface area contributed by atoms with Crippen LogP contribution in [0.3, 0.4) is 0 Å². The molecule has 3 atom stereocenters. The SMILES string of the molecule is CS(=O)(=O)c1cccc(C(c2ccncc2)C2CCN(C(=O)N3CCC4OCC(=O)N[C@@H]4C3)CC2)c1. The third-order valence-corrected chi connectivity index (χ3v) is 8.70. The number of carbonyl (C=O) groups excluding carboxylic acids is 2. The number of piperidine rings is 2. The van der Waals surface area contributed by atoms with Crippen molar-refractivity contribution >= 4 is 21.8 Å². The number of morpholine rings is 1. The number of benzene rings is 1. The average molecular weight is 513 g/mol. The predicted octanol–water partition coefficient (Wildman–Crippen LogP) is 2.04. The van der Waals surface area contributed by atoms with Gasteiger partial charge in [-0.25, -0.2) is 13.2 Å². The lowest BCUT2D eigenvalue weighted by Gasteiger charge is -2.44. The van der Waals surface area contributed by atoms with E-state index in [0.717, 1.165) is 24.0 Å². The molecule has 0 saturated carbocycles. The van der Waals surface area contributed by atoms with Crippen LogP contribution < -0.4 is 5.32 Å². The molecule has 0 spiro atoms. The van der Waals surface area contributed by atoms with Crippen LogP contribution in [0.25, 0.3) is 0 Å². The molecule has 2 unspecified atom stereocenters. The molecule has 0 bridgehead atoms. The van der Waals surface area contributed by atoms with Gasteiger partial charge in [0.1, 0.15) is 6.61 Å². The summed E-state index contributed by atoms with van der Waals surface area (Å²) in [5.74, 6) is 0.133. The predicted molar refractivity (Wildman–Crippen MR) is 133 cm³/mol. The second-order valence-corrected chi connectivity index (χ2v) is 12.0. The maximum absolute atomic E-state index is 13.3. The minimum absolute atomic E-state index is 0.00579. The number of carbonyl (C=O) groups is 2. The minimum atomic E-state index is -3.32. The number of hydrogen-bond donors (Lipinski definition) is 1. The van der Waals surface area contributed by atoms with Gasteiger partial charge in [0, 0.05) is 50.7 Å². The van der Waals surface area contributed by atoms with Gasteiger partial charge in [0.2, 0.25) is 5.91 Å². The molecule has 4 heterocycles. The molecule has 0 radical (unpaired) electrons. The van der Waals surface area contributed by atoms with E-state index >= 15 is 0 Å². The zero-order valence-electron chi connectivity index (χ0n) is 20.4. The monoisotopic (exact) mass is 512 g/mol. The first-order valence-corrected chi connectivity index (χ1v) is 14.3. The number of pyridine rings is 1. The van der Waals surface area contributed by atoms with Crippen LogP contribution in [-0.4, -0.2) is 86.3 Å². The highest BCUT2D eigenvalue weighted by Crippen LogP contribution is 2.38. The fourth-order valence-electron chi connectivity index (χ4n) is 5.74. The summed E-state index contributed by atoms with van der Waals surface area (Å²) >= 11 is 0. The molecule has 3 amide bonds. The number of aromatic nitrogens is 1. The van der Waals surface area contributed by atoms with Crippen molar-refractivity contribution in [1.29, 1.82) is 0 Å². The summed E-state index contributed by atoms with van der Waals surface area (Å²) in [4.78, 5) is 33.2. The summed E-state index contributed by atoms with van der Waals surface area (Å²) < 4.78 is 30.0. The van der Waals surface area contributed by atoms with Gasteiger partial charge in [-0.2, -0.15) is 0 Å². The number of urea groups is 1. The van der Waals surface area contributed by atoms with Crippen LogP contribution in [0.15, 0.2) is 53.7 Å². The molecule has 0 aliphatic carbocycles. The number of nitrogens with zero attached hydrogens (tertiary/aromatic N) is 3. The van der Waals surface area contributed by atoms with Gasteiger partial charge < -0.3 is 19.9 Å². The van der Waals surface area contributed by atoms with Gasteiger partial charge in [0.25, 0.3) is 0 Å². The summed E-state index contributed by atoms with van der Waals surface area (Å²) in [7, 11) is -3.32. The molecular weight excluding hydrogens is 480 g/mol. The largest absolute Gasteiger partial charge is 0.366 e. The Labute approximate surface area is 211 Å². The fourth-order valence-corrected chi connectivity index (χ4v) is 6.42. The van der Waals surface area contributed by atoms with Crippen molar-refractivity contribution in [2.45, 2.75) is 42.2 Å². The number of ether oxygens (including phenoxy) is 1. The highest BCUT2D eigenvalue weighted by molar-refractivity contribution is 7.90. The van der Waals surface area contributed by atoms with E-state index in [2.05, 4.69) is 10.3 Å². The molecule has 3 aliphatic rings. The summed E-state index contributed by atoms with van der Waals surface area (Å²) in [6.45, 7) is 2.43. The maximum Gasteiger partial charge on any atom is 0.320 e.